The largest absolute Gasteiger partial charge is 0.332 e. The van der Waals surface area contributed by atoms with Gasteiger partial charge in [-0.25, -0.2) is 27.3 Å². The first-order chi connectivity index (χ1) is 14.9. The van der Waals surface area contributed by atoms with E-state index in [0.29, 0.717) is 37.0 Å². The fourth-order valence-corrected chi connectivity index (χ4v) is 3.76. The van der Waals surface area contributed by atoms with Crippen molar-refractivity contribution in [3.05, 3.63) is 57.6 Å². The van der Waals surface area contributed by atoms with Crippen LogP contribution in [-0.2, 0) is 25.4 Å². The first-order valence-corrected chi connectivity index (χ1v) is 11.3. The van der Waals surface area contributed by atoms with E-state index in [4.69, 9.17) is 0 Å². The highest BCUT2D eigenvalue weighted by atomic mass is 127. The van der Waals surface area contributed by atoms with Gasteiger partial charge in [-0.15, -0.1) is 0 Å². The number of benzene rings is 1. The second kappa shape index (κ2) is 10.9. The van der Waals surface area contributed by atoms with E-state index in [1.54, 1.807) is 18.7 Å². The Morgan fingerprint density at radius 1 is 0.969 bits per heavy atom. The number of carbonyl (C=O) groups excluding carboxylic acids is 1. The molecule has 0 spiro atoms. The van der Waals surface area contributed by atoms with E-state index in [2.05, 4.69) is 4.98 Å². The average Bonchev–Trinajstić information content (AvgIpc) is 3.15. The Kier molecular flexibility index (Phi) is 9.01. The van der Waals surface area contributed by atoms with Gasteiger partial charge in [0, 0.05) is 27.1 Å². The summed E-state index contributed by atoms with van der Waals surface area (Å²) in [5, 5.41) is 0. The molecule has 7 nitrogen and oxygen atoms in total. The molecule has 1 aromatic carbocycles. The number of nitrogens with zero attached hydrogens (tertiary/aromatic N) is 4. The van der Waals surface area contributed by atoms with E-state index in [1.165, 1.54) is 67.6 Å². The summed E-state index contributed by atoms with van der Waals surface area (Å²) in [4.78, 5) is 39.4. The lowest BCUT2D eigenvalue weighted by atomic mass is 10.2. The van der Waals surface area contributed by atoms with Crippen molar-refractivity contribution in [3.8, 4) is 0 Å². The molecule has 0 aliphatic heterocycles. The third-order valence-corrected chi connectivity index (χ3v) is 6.41. The molecule has 0 N–H and O–H groups in total. The second-order valence-electron chi connectivity index (χ2n) is 6.87. The Labute approximate surface area is 206 Å². The van der Waals surface area contributed by atoms with E-state index in [0.717, 1.165) is 0 Å². The van der Waals surface area contributed by atoms with Crippen molar-refractivity contribution in [1.29, 1.82) is 0 Å². The molecular formula is C19H18F4I2N4O3. The van der Waals surface area contributed by atoms with E-state index >= 15 is 0 Å². The van der Waals surface area contributed by atoms with Gasteiger partial charge in [-0.2, -0.15) is 0 Å². The normalized spacial score (nSPS) is 10.9. The minimum Gasteiger partial charge on any atom is -0.328 e. The summed E-state index contributed by atoms with van der Waals surface area (Å²) in [7, 11) is 3.32. The highest BCUT2D eigenvalue weighted by molar-refractivity contribution is 14.1. The minimum absolute atomic E-state index is 0.118. The molecule has 0 radical (unpaired) electrons. The number of unbranched alkanes of at least 4 members (excludes halogenated alkanes) is 1. The fraction of sp³-hybridized carbons (Fsp3) is 0.368. The highest BCUT2D eigenvalue weighted by Crippen LogP contribution is 2.26. The molecule has 0 unspecified atom stereocenters. The number of imidazole rings is 1. The van der Waals surface area contributed by atoms with Gasteiger partial charge in [0.15, 0.2) is 34.4 Å². The van der Waals surface area contributed by atoms with E-state index in [-0.39, 0.29) is 17.0 Å². The van der Waals surface area contributed by atoms with Gasteiger partial charge in [-0.3, -0.25) is 13.9 Å². The van der Waals surface area contributed by atoms with Crippen molar-refractivity contribution >= 4 is 62.1 Å². The summed E-state index contributed by atoms with van der Waals surface area (Å²) in [6.07, 6.45) is 3.29. The average molecular weight is 680 g/mol. The van der Waals surface area contributed by atoms with Crippen molar-refractivity contribution < 1.29 is 22.4 Å². The zero-order chi connectivity index (χ0) is 24.3. The van der Waals surface area contributed by atoms with Crippen LogP contribution >= 0.6 is 45.2 Å². The van der Waals surface area contributed by atoms with Crippen molar-refractivity contribution in [1.82, 2.24) is 18.7 Å². The summed E-state index contributed by atoms with van der Waals surface area (Å²) >= 11 is 2.41. The van der Waals surface area contributed by atoms with Gasteiger partial charge in [0.05, 0.1) is 13.5 Å². The summed E-state index contributed by atoms with van der Waals surface area (Å²) < 4.78 is 53.4. The lowest BCUT2D eigenvalue weighted by Crippen LogP contribution is -2.39. The SMILES string of the molecule is CC(=O)CCCCn1c(=O)c2c(ncn2C)n(C)c1=O.Fc1c(F)c(I)c(F)c(F)c1I. The molecule has 0 atom stereocenters. The second-order valence-corrected chi connectivity index (χ2v) is 9.03. The predicted octanol–water partition coefficient (Wildman–Crippen LogP) is 3.65. The molecule has 3 rings (SSSR count). The van der Waals surface area contributed by atoms with Crippen molar-refractivity contribution in [2.45, 2.75) is 32.7 Å². The van der Waals surface area contributed by atoms with E-state index in [9.17, 15) is 31.9 Å². The van der Waals surface area contributed by atoms with Crippen LogP contribution in [0.1, 0.15) is 26.2 Å². The van der Waals surface area contributed by atoms with Crippen molar-refractivity contribution in [2.24, 2.45) is 14.1 Å². The van der Waals surface area contributed by atoms with Crippen LogP contribution in [0.3, 0.4) is 0 Å². The number of halogens is 6. The molecule has 0 saturated heterocycles. The van der Waals surface area contributed by atoms with Gasteiger partial charge < -0.3 is 9.36 Å². The molecule has 3 aromatic rings. The lowest BCUT2D eigenvalue weighted by Gasteiger charge is -2.08. The number of ketones is 1. The monoisotopic (exact) mass is 680 g/mol. The first-order valence-electron chi connectivity index (χ1n) is 9.17. The smallest absolute Gasteiger partial charge is 0.328 e. The Morgan fingerprint density at radius 2 is 1.47 bits per heavy atom. The van der Waals surface area contributed by atoms with Crippen molar-refractivity contribution in [2.75, 3.05) is 0 Å². The minimum atomic E-state index is -1.35. The number of rotatable bonds is 5. The van der Waals surface area contributed by atoms with Crippen LogP contribution < -0.4 is 11.2 Å². The highest BCUT2D eigenvalue weighted by Gasteiger charge is 2.22. The Bertz CT molecular complexity index is 1200. The number of aromatic nitrogens is 4. The third kappa shape index (κ3) is 5.40. The number of aryl methyl sites for hydroxylation is 2. The summed E-state index contributed by atoms with van der Waals surface area (Å²) in [5.74, 6) is -5.28. The number of hydrogen-bond acceptors (Lipinski definition) is 4. The molecule has 0 fully saturated rings. The van der Waals surface area contributed by atoms with Crippen LogP contribution in [0.4, 0.5) is 17.6 Å². The topological polar surface area (TPSA) is 78.9 Å². The number of hydrogen-bond donors (Lipinski definition) is 0. The summed E-state index contributed by atoms with van der Waals surface area (Å²) in [5.41, 5.74) is 0.108. The quantitative estimate of drug-likeness (QED) is 0.136. The van der Waals surface area contributed by atoms with Crippen LogP contribution in [0.5, 0.6) is 0 Å². The molecule has 32 heavy (non-hydrogen) atoms. The fourth-order valence-electron chi connectivity index (χ4n) is 2.82. The van der Waals surface area contributed by atoms with Crippen LogP contribution in [0.15, 0.2) is 15.9 Å². The maximum Gasteiger partial charge on any atom is 0.332 e. The van der Waals surface area contributed by atoms with Crippen molar-refractivity contribution in [3.63, 3.8) is 0 Å². The third-order valence-electron chi connectivity index (χ3n) is 4.52. The molecule has 0 saturated carbocycles. The van der Waals surface area contributed by atoms with Crippen LogP contribution in [0.2, 0.25) is 0 Å². The molecule has 2 heterocycles. The Balaban J connectivity index is 0.000000258. The molecule has 0 aliphatic carbocycles. The zero-order valence-corrected chi connectivity index (χ0v) is 21.5. The zero-order valence-electron chi connectivity index (χ0n) is 17.2. The van der Waals surface area contributed by atoms with Gasteiger partial charge in [0.25, 0.3) is 5.56 Å². The van der Waals surface area contributed by atoms with Gasteiger partial charge in [0.2, 0.25) is 0 Å². The summed E-state index contributed by atoms with van der Waals surface area (Å²) in [6, 6.07) is 0. The van der Waals surface area contributed by atoms with E-state index < -0.39 is 30.4 Å². The molecular weight excluding hydrogens is 662 g/mol. The van der Waals surface area contributed by atoms with E-state index in [1.807, 2.05) is 0 Å². The molecule has 2 aromatic heterocycles. The van der Waals surface area contributed by atoms with Crippen LogP contribution in [-0.4, -0.2) is 24.5 Å². The summed E-state index contributed by atoms with van der Waals surface area (Å²) in [6.45, 7) is 1.85. The molecule has 0 bridgehead atoms. The maximum atomic E-state index is 12.6. The van der Waals surface area contributed by atoms with Crippen LogP contribution in [0, 0.1) is 30.4 Å². The molecule has 13 heteroatoms. The van der Waals surface area contributed by atoms with Gasteiger partial charge in [0.1, 0.15) is 5.78 Å². The predicted molar refractivity (Wildman–Crippen MR) is 126 cm³/mol. The first kappa shape index (κ1) is 26.5. The standard InChI is InChI=1S/C13H18N4O3.C6F4I2/c1-9(18)6-4-5-7-17-12(19)10-11(14-8-15(10)2)16(3)13(17)20;7-1-2(8)6(12)4(10)3(9)5(1)11/h8H,4-7H2,1-3H3;. The molecule has 0 aliphatic rings. The maximum absolute atomic E-state index is 12.6. The van der Waals surface area contributed by atoms with Crippen LogP contribution in [0.25, 0.3) is 11.2 Å². The van der Waals surface area contributed by atoms with Gasteiger partial charge >= 0.3 is 5.69 Å². The lowest BCUT2D eigenvalue weighted by molar-refractivity contribution is -0.117. The Morgan fingerprint density at radius 3 is 1.94 bits per heavy atom. The Hall–Kier alpha value is -1.78. The number of carbonyl (C=O) groups is 1. The molecule has 0 amide bonds. The number of Topliss-reactive ketones (excluding diaryl/α,β-unsaturated/α-hetero) is 1. The molecule has 174 valence electrons. The van der Waals surface area contributed by atoms with Gasteiger partial charge in [-0.05, 0) is 64.9 Å². The van der Waals surface area contributed by atoms with Gasteiger partial charge in [-0.1, -0.05) is 0 Å². The number of fused-ring (bicyclic) bond motifs is 1.